The van der Waals surface area contributed by atoms with Crippen molar-refractivity contribution in [1.29, 1.82) is 0 Å². The summed E-state index contributed by atoms with van der Waals surface area (Å²) in [5, 5.41) is 5.60. The summed E-state index contributed by atoms with van der Waals surface area (Å²) in [6.45, 7) is 0. The van der Waals surface area contributed by atoms with Gasteiger partial charge in [-0.1, -0.05) is 115 Å². The Morgan fingerprint density at radius 1 is 0.386 bits per heavy atom. The van der Waals surface area contributed by atoms with E-state index in [0.717, 1.165) is 70.2 Å². The summed E-state index contributed by atoms with van der Waals surface area (Å²) in [5.74, 6) is 2.54. The normalized spacial score (nSPS) is 11.9. The van der Waals surface area contributed by atoms with E-state index in [-0.39, 0.29) is 0 Å². The van der Waals surface area contributed by atoms with Crippen LogP contribution in [0.1, 0.15) is 0 Å². The number of benzene rings is 7. The molecule has 57 heavy (non-hydrogen) atoms. The average molecular weight is 766 g/mol. The van der Waals surface area contributed by atoms with Crippen molar-refractivity contribution >= 4 is 85.1 Å². The highest BCUT2D eigenvalue weighted by Crippen LogP contribution is 2.45. The fourth-order valence-corrected chi connectivity index (χ4v) is 10.2. The molecular formula is C49H27N5OS2. The van der Waals surface area contributed by atoms with Gasteiger partial charge >= 0.3 is 0 Å². The van der Waals surface area contributed by atoms with Crippen molar-refractivity contribution < 1.29 is 4.42 Å². The molecule has 0 saturated carbocycles. The van der Waals surface area contributed by atoms with Gasteiger partial charge in [-0.2, -0.15) is 0 Å². The minimum atomic E-state index is 0.627. The molecule has 7 aromatic carbocycles. The van der Waals surface area contributed by atoms with Gasteiger partial charge in [0.15, 0.2) is 28.9 Å². The standard InChI is InChI=1S/C49H27N5OS2/c1-3-13-28(14-4-1)42-44-43(32-18-7-9-22-37(32)55-44)51-48(50-42)34-20-12-24-40-41(34)33-19-11-21-35(45(33)57-40)49-53-46(29-15-5-2-6-16-29)52-47(54-49)30-25-26-39-36(27-30)31-17-8-10-23-38(31)56-39/h1-27H. The van der Waals surface area contributed by atoms with Crippen LogP contribution in [0.3, 0.4) is 0 Å². The number of rotatable bonds is 5. The molecule has 0 aliphatic rings. The van der Waals surface area contributed by atoms with Crippen LogP contribution in [0.4, 0.5) is 0 Å². The van der Waals surface area contributed by atoms with Crippen LogP contribution >= 0.6 is 22.7 Å². The van der Waals surface area contributed by atoms with Crippen molar-refractivity contribution in [3.05, 3.63) is 164 Å². The first-order chi connectivity index (χ1) is 28.2. The summed E-state index contributed by atoms with van der Waals surface area (Å²) in [6.07, 6.45) is 0. The lowest BCUT2D eigenvalue weighted by molar-refractivity contribution is 0.667. The van der Waals surface area contributed by atoms with Gasteiger partial charge in [-0.15, -0.1) is 22.7 Å². The molecule has 0 spiro atoms. The van der Waals surface area contributed by atoms with Crippen molar-refractivity contribution in [2.75, 3.05) is 0 Å². The fraction of sp³-hybridized carbons (Fsp3) is 0. The summed E-state index contributed by atoms with van der Waals surface area (Å²) < 4.78 is 11.1. The smallest absolute Gasteiger partial charge is 0.180 e. The Hall–Kier alpha value is -7.13. The molecule has 5 heterocycles. The number of nitrogens with zero attached hydrogens (tertiary/aromatic N) is 5. The van der Waals surface area contributed by atoms with Gasteiger partial charge < -0.3 is 4.42 Å². The van der Waals surface area contributed by atoms with Gasteiger partial charge in [-0.3, -0.25) is 0 Å². The third-order valence-electron chi connectivity index (χ3n) is 10.6. The van der Waals surface area contributed by atoms with Gasteiger partial charge in [0, 0.05) is 73.5 Å². The van der Waals surface area contributed by atoms with Crippen LogP contribution in [0.5, 0.6) is 0 Å². The topological polar surface area (TPSA) is 77.6 Å². The molecule has 0 bridgehead atoms. The van der Waals surface area contributed by atoms with Gasteiger partial charge in [-0.05, 0) is 48.5 Å². The minimum Gasteiger partial charge on any atom is -0.452 e. The number of fused-ring (bicyclic) bond motifs is 9. The van der Waals surface area contributed by atoms with Crippen molar-refractivity contribution in [3.8, 4) is 56.8 Å². The van der Waals surface area contributed by atoms with Crippen LogP contribution in [0, 0.1) is 0 Å². The molecule has 12 rings (SSSR count). The summed E-state index contributed by atoms with van der Waals surface area (Å²) >= 11 is 3.54. The highest BCUT2D eigenvalue weighted by atomic mass is 32.1. The maximum Gasteiger partial charge on any atom is 0.180 e. The van der Waals surface area contributed by atoms with Crippen LogP contribution in [0.2, 0.25) is 0 Å². The molecule has 0 aliphatic carbocycles. The van der Waals surface area contributed by atoms with E-state index in [4.69, 9.17) is 29.3 Å². The van der Waals surface area contributed by atoms with Gasteiger partial charge in [0.1, 0.15) is 16.8 Å². The van der Waals surface area contributed by atoms with E-state index < -0.39 is 0 Å². The summed E-state index contributed by atoms with van der Waals surface area (Å²) in [7, 11) is 0. The van der Waals surface area contributed by atoms with E-state index in [1.807, 2.05) is 54.6 Å². The zero-order valence-electron chi connectivity index (χ0n) is 30.0. The molecule has 0 unspecified atom stereocenters. The van der Waals surface area contributed by atoms with E-state index >= 15 is 0 Å². The number of para-hydroxylation sites is 1. The zero-order valence-corrected chi connectivity index (χ0v) is 31.7. The zero-order chi connectivity index (χ0) is 37.5. The minimum absolute atomic E-state index is 0.627. The molecule has 0 fully saturated rings. The first-order valence-electron chi connectivity index (χ1n) is 18.7. The molecule has 12 aromatic rings. The molecule has 0 atom stereocenters. The van der Waals surface area contributed by atoms with Crippen LogP contribution < -0.4 is 0 Å². The molecule has 0 amide bonds. The lowest BCUT2D eigenvalue weighted by Crippen LogP contribution is -2.00. The molecule has 8 heteroatoms. The molecular weight excluding hydrogens is 739 g/mol. The monoisotopic (exact) mass is 765 g/mol. The number of hydrogen-bond donors (Lipinski definition) is 0. The Labute approximate surface area is 333 Å². The first kappa shape index (κ1) is 32.1. The number of hydrogen-bond acceptors (Lipinski definition) is 8. The third-order valence-corrected chi connectivity index (χ3v) is 12.9. The Kier molecular flexibility index (Phi) is 7.17. The lowest BCUT2D eigenvalue weighted by Gasteiger charge is -2.10. The lowest BCUT2D eigenvalue weighted by atomic mass is 10.0. The third kappa shape index (κ3) is 5.19. The van der Waals surface area contributed by atoms with E-state index in [1.54, 1.807) is 22.7 Å². The Morgan fingerprint density at radius 2 is 1.02 bits per heavy atom. The highest BCUT2D eigenvalue weighted by Gasteiger charge is 2.22. The van der Waals surface area contributed by atoms with Crippen molar-refractivity contribution in [2.24, 2.45) is 0 Å². The molecule has 0 saturated heterocycles. The Bertz CT molecular complexity index is 3540. The van der Waals surface area contributed by atoms with Crippen molar-refractivity contribution in [3.63, 3.8) is 0 Å². The number of furan rings is 1. The SMILES string of the molecule is c1ccc(-c2nc(-c3ccc4sc5ccccc5c4c3)nc(-c3cccc4c3sc3cccc(-c5nc(-c6ccccc6)c6oc7ccccc7c6n5)c34)n2)cc1. The predicted octanol–water partition coefficient (Wildman–Crippen LogP) is 13.6. The average Bonchev–Trinajstić information content (AvgIpc) is 3.98. The molecule has 0 N–H and O–H groups in total. The van der Waals surface area contributed by atoms with Crippen molar-refractivity contribution in [1.82, 2.24) is 24.9 Å². The van der Waals surface area contributed by atoms with Gasteiger partial charge in [-0.25, -0.2) is 24.9 Å². The van der Waals surface area contributed by atoms with Crippen LogP contribution in [-0.2, 0) is 0 Å². The number of aromatic nitrogens is 5. The van der Waals surface area contributed by atoms with Crippen molar-refractivity contribution in [2.45, 2.75) is 0 Å². The maximum atomic E-state index is 6.41. The highest BCUT2D eigenvalue weighted by molar-refractivity contribution is 7.26. The fourth-order valence-electron chi connectivity index (χ4n) is 7.92. The molecule has 266 valence electrons. The van der Waals surface area contributed by atoms with Gasteiger partial charge in [0.2, 0.25) is 0 Å². The molecule has 5 aromatic heterocycles. The quantitative estimate of drug-likeness (QED) is 0.174. The summed E-state index contributed by atoms with van der Waals surface area (Å²) in [6, 6.07) is 56.3. The van der Waals surface area contributed by atoms with Gasteiger partial charge in [0.25, 0.3) is 0 Å². The second-order valence-electron chi connectivity index (χ2n) is 14.0. The maximum absolute atomic E-state index is 6.41. The van der Waals surface area contributed by atoms with E-state index in [9.17, 15) is 0 Å². The summed E-state index contributed by atoms with van der Waals surface area (Å²) in [4.78, 5) is 25.9. The molecule has 0 radical (unpaired) electrons. The van der Waals surface area contributed by atoms with Crippen LogP contribution in [-0.4, -0.2) is 24.9 Å². The first-order valence-corrected chi connectivity index (χ1v) is 20.3. The van der Waals surface area contributed by atoms with Crippen LogP contribution in [0.25, 0.3) is 119 Å². The van der Waals surface area contributed by atoms with E-state index in [0.29, 0.717) is 28.9 Å². The second kappa shape index (κ2) is 12.7. The number of thiophene rings is 2. The molecule has 0 aliphatic heterocycles. The van der Waals surface area contributed by atoms with Gasteiger partial charge in [0.05, 0.1) is 0 Å². The molecule has 6 nitrogen and oxygen atoms in total. The largest absolute Gasteiger partial charge is 0.452 e. The predicted molar refractivity (Wildman–Crippen MR) is 236 cm³/mol. The Balaban J connectivity index is 1.08. The van der Waals surface area contributed by atoms with Crippen LogP contribution in [0.15, 0.2) is 168 Å². The Morgan fingerprint density at radius 3 is 1.88 bits per heavy atom. The second-order valence-corrected chi connectivity index (χ2v) is 16.1. The summed E-state index contributed by atoms with van der Waals surface area (Å²) in [5.41, 5.74) is 7.80. The van der Waals surface area contributed by atoms with E-state index in [1.165, 1.54) is 20.2 Å². The van der Waals surface area contributed by atoms with E-state index in [2.05, 4.69) is 109 Å².